The Labute approximate surface area is 150 Å². The molecule has 1 aromatic heterocycles. The number of rotatable bonds is 5. The maximum atomic E-state index is 13.8. The van der Waals surface area contributed by atoms with E-state index in [4.69, 9.17) is 4.42 Å². The monoisotopic (exact) mass is 349 g/mol. The molecule has 0 fully saturated rings. The van der Waals surface area contributed by atoms with E-state index in [1.165, 1.54) is 25.1 Å². The summed E-state index contributed by atoms with van der Waals surface area (Å²) in [4.78, 5) is 23.4. The smallest absolute Gasteiger partial charge is 0.248 e. The van der Waals surface area contributed by atoms with E-state index in [0.717, 1.165) is 0 Å². The largest absolute Gasteiger partial charge is 0.457 e. The molecule has 0 unspecified atom stereocenters. The van der Waals surface area contributed by atoms with Crippen LogP contribution in [-0.2, 0) is 4.79 Å². The standard InChI is InChI=1S/C21H16FNO3/c1-14(24)15-5-4-6-16(13-15)23-21(25)12-10-17-9-11-20(26-17)18-7-2-3-8-19(18)22/h2-13H,1H3,(H,23,25)/b12-10+. The van der Waals surface area contributed by atoms with Crippen LogP contribution in [0.5, 0.6) is 0 Å². The predicted octanol–water partition coefficient (Wildman–Crippen LogP) is 4.94. The van der Waals surface area contributed by atoms with Gasteiger partial charge in [0.15, 0.2) is 5.78 Å². The van der Waals surface area contributed by atoms with E-state index in [1.807, 2.05) is 0 Å². The molecule has 0 saturated heterocycles. The van der Waals surface area contributed by atoms with Gasteiger partial charge in [-0.1, -0.05) is 24.3 Å². The molecule has 0 saturated carbocycles. The minimum absolute atomic E-state index is 0.0760. The fourth-order valence-electron chi connectivity index (χ4n) is 2.41. The van der Waals surface area contributed by atoms with Gasteiger partial charge < -0.3 is 9.73 Å². The fourth-order valence-corrected chi connectivity index (χ4v) is 2.41. The molecule has 2 aromatic carbocycles. The topological polar surface area (TPSA) is 59.3 Å². The van der Waals surface area contributed by atoms with E-state index in [9.17, 15) is 14.0 Å². The maximum absolute atomic E-state index is 13.8. The van der Waals surface area contributed by atoms with Crippen molar-refractivity contribution < 1.29 is 18.4 Å². The lowest BCUT2D eigenvalue weighted by molar-refractivity contribution is -0.111. The molecule has 0 bridgehead atoms. The molecule has 1 amide bonds. The van der Waals surface area contributed by atoms with Crippen molar-refractivity contribution in [2.24, 2.45) is 0 Å². The fraction of sp³-hybridized carbons (Fsp3) is 0.0476. The Morgan fingerprint density at radius 1 is 1.04 bits per heavy atom. The molecule has 0 aliphatic heterocycles. The van der Waals surface area contributed by atoms with E-state index in [1.54, 1.807) is 54.6 Å². The second-order valence-electron chi connectivity index (χ2n) is 5.64. The molecule has 0 spiro atoms. The molecule has 3 aromatic rings. The van der Waals surface area contributed by atoms with Crippen molar-refractivity contribution in [3.8, 4) is 11.3 Å². The first-order chi connectivity index (χ1) is 12.5. The summed E-state index contributed by atoms with van der Waals surface area (Å²) in [6, 6.07) is 16.3. The average molecular weight is 349 g/mol. The second kappa shape index (κ2) is 7.61. The molecule has 1 N–H and O–H groups in total. The van der Waals surface area contributed by atoms with Gasteiger partial charge in [0.2, 0.25) is 5.91 Å². The highest BCUT2D eigenvalue weighted by molar-refractivity contribution is 6.03. The van der Waals surface area contributed by atoms with Crippen LogP contribution in [0.2, 0.25) is 0 Å². The highest BCUT2D eigenvalue weighted by Crippen LogP contribution is 2.25. The summed E-state index contributed by atoms with van der Waals surface area (Å²) in [7, 11) is 0. The van der Waals surface area contributed by atoms with Crippen molar-refractivity contribution in [1.29, 1.82) is 0 Å². The van der Waals surface area contributed by atoms with E-state index in [0.29, 0.717) is 28.3 Å². The molecular weight excluding hydrogens is 333 g/mol. The third-order valence-corrected chi connectivity index (χ3v) is 3.70. The Bertz CT molecular complexity index is 988. The maximum Gasteiger partial charge on any atom is 0.248 e. The Morgan fingerprint density at radius 3 is 2.62 bits per heavy atom. The predicted molar refractivity (Wildman–Crippen MR) is 98.2 cm³/mol. The van der Waals surface area contributed by atoms with Gasteiger partial charge in [0.1, 0.15) is 17.3 Å². The van der Waals surface area contributed by atoms with Crippen LogP contribution < -0.4 is 5.32 Å². The molecule has 130 valence electrons. The van der Waals surface area contributed by atoms with Gasteiger partial charge in [-0.05, 0) is 49.4 Å². The van der Waals surface area contributed by atoms with E-state index >= 15 is 0 Å². The number of carbonyl (C=O) groups is 2. The number of anilines is 1. The van der Waals surface area contributed by atoms with Crippen LogP contribution in [0.3, 0.4) is 0 Å². The second-order valence-corrected chi connectivity index (χ2v) is 5.64. The summed E-state index contributed by atoms with van der Waals surface area (Å²) in [6.07, 6.45) is 2.80. The quantitative estimate of drug-likeness (QED) is 0.524. The highest BCUT2D eigenvalue weighted by atomic mass is 19.1. The van der Waals surface area contributed by atoms with Gasteiger partial charge in [-0.25, -0.2) is 4.39 Å². The molecule has 0 radical (unpaired) electrons. The number of carbonyl (C=O) groups excluding carboxylic acids is 2. The minimum Gasteiger partial charge on any atom is -0.457 e. The van der Waals surface area contributed by atoms with Crippen molar-refractivity contribution in [2.45, 2.75) is 6.92 Å². The zero-order chi connectivity index (χ0) is 18.5. The van der Waals surface area contributed by atoms with Crippen molar-refractivity contribution in [3.63, 3.8) is 0 Å². The van der Waals surface area contributed by atoms with Gasteiger partial charge >= 0.3 is 0 Å². The molecule has 0 aliphatic carbocycles. The molecule has 4 nitrogen and oxygen atoms in total. The Kier molecular flexibility index (Phi) is 5.08. The molecular formula is C21H16FNO3. The first-order valence-corrected chi connectivity index (χ1v) is 7.98. The lowest BCUT2D eigenvalue weighted by Crippen LogP contribution is -2.08. The summed E-state index contributed by atoms with van der Waals surface area (Å²) in [5.74, 6) is -0.00359. The molecule has 0 atom stereocenters. The van der Waals surface area contributed by atoms with Gasteiger partial charge in [-0.2, -0.15) is 0 Å². The summed E-state index contributed by atoms with van der Waals surface area (Å²) in [6.45, 7) is 1.46. The number of halogens is 1. The van der Waals surface area contributed by atoms with Crippen LogP contribution in [0.1, 0.15) is 23.0 Å². The van der Waals surface area contributed by atoms with E-state index in [-0.39, 0.29) is 17.5 Å². The van der Waals surface area contributed by atoms with Gasteiger partial charge in [-0.3, -0.25) is 9.59 Å². The highest BCUT2D eigenvalue weighted by Gasteiger charge is 2.08. The zero-order valence-electron chi connectivity index (χ0n) is 14.0. The van der Waals surface area contributed by atoms with Crippen LogP contribution in [-0.4, -0.2) is 11.7 Å². The number of benzene rings is 2. The Morgan fingerprint density at radius 2 is 1.85 bits per heavy atom. The minimum atomic E-state index is -0.375. The number of Topliss-reactive ketones (excluding diaryl/α,β-unsaturated/α-hetero) is 1. The van der Waals surface area contributed by atoms with Crippen LogP contribution >= 0.6 is 0 Å². The molecule has 26 heavy (non-hydrogen) atoms. The first kappa shape index (κ1) is 17.4. The molecule has 5 heteroatoms. The van der Waals surface area contributed by atoms with Crippen LogP contribution in [0.15, 0.2) is 71.2 Å². The van der Waals surface area contributed by atoms with E-state index < -0.39 is 0 Å². The number of ketones is 1. The van der Waals surface area contributed by atoms with Crippen LogP contribution in [0, 0.1) is 5.82 Å². The third-order valence-electron chi connectivity index (χ3n) is 3.70. The number of hydrogen-bond acceptors (Lipinski definition) is 3. The molecule has 1 heterocycles. The van der Waals surface area contributed by atoms with Crippen molar-refractivity contribution in [1.82, 2.24) is 0 Å². The third kappa shape index (κ3) is 4.13. The normalized spacial score (nSPS) is 10.8. The van der Waals surface area contributed by atoms with E-state index in [2.05, 4.69) is 5.32 Å². The summed E-state index contributed by atoms with van der Waals surface area (Å²) in [5.41, 5.74) is 1.41. The van der Waals surface area contributed by atoms with Gasteiger partial charge in [-0.15, -0.1) is 0 Å². The summed E-state index contributed by atoms with van der Waals surface area (Å²) >= 11 is 0. The Balaban J connectivity index is 1.69. The van der Waals surface area contributed by atoms with Crippen molar-refractivity contribution >= 4 is 23.5 Å². The molecule has 3 rings (SSSR count). The number of furan rings is 1. The van der Waals surface area contributed by atoms with Crippen LogP contribution in [0.25, 0.3) is 17.4 Å². The summed E-state index contributed by atoms with van der Waals surface area (Å²) in [5, 5.41) is 2.68. The number of hydrogen-bond donors (Lipinski definition) is 1. The Hall–Kier alpha value is -3.47. The zero-order valence-corrected chi connectivity index (χ0v) is 14.0. The van der Waals surface area contributed by atoms with Gasteiger partial charge in [0.05, 0.1) is 5.56 Å². The van der Waals surface area contributed by atoms with Crippen molar-refractivity contribution in [3.05, 3.63) is 83.9 Å². The lowest BCUT2D eigenvalue weighted by Gasteiger charge is -2.03. The van der Waals surface area contributed by atoms with Crippen molar-refractivity contribution in [2.75, 3.05) is 5.32 Å². The lowest BCUT2D eigenvalue weighted by atomic mass is 10.1. The first-order valence-electron chi connectivity index (χ1n) is 7.98. The molecule has 0 aliphatic rings. The average Bonchev–Trinajstić information content (AvgIpc) is 3.09. The summed E-state index contributed by atoms with van der Waals surface area (Å²) < 4.78 is 19.3. The van der Waals surface area contributed by atoms with Crippen LogP contribution in [0.4, 0.5) is 10.1 Å². The van der Waals surface area contributed by atoms with Gasteiger partial charge in [0, 0.05) is 17.3 Å². The number of amides is 1. The SMILES string of the molecule is CC(=O)c1cccc(NC(=O)/C=C/c2ccc(-c3ccccc3F)o2)c1. The number of nitrogens with one attached hydrogen (secondary N) is 1. The van der Waals surface area contributed by atoms with Gasteiger partial charge in [0.25, 0.3) is 0 Å².